The van der Waals surface area contributed by atoms with Crippen LogP contribution in [-0.2, 0) is 4.79 Å². The molecule has 0 atom stereocenters. The van der Waals surface area contributed by atoms with E-state index in [1.54, 1.807) is 0 Å². The summed E-state index contributed by atoms with van der Waals surface area (Å²) in [4.78, 5) is 10.8. The van der Waals surface area contributed by atoms with Crippen molar-refractivity contribution in [2.75, 3.05) is 6.54 Å². The highest BCUT2D eigenvalue weighted by Gasteiger charge is 2.38. The molecule has 0 saturated heterocycles. The minimum Gasteiger partial charge on any atom is -0.480 e. The molecule has 1 aliphatic carbocycles. The highest BCUT2D eigenvalue weighted by molar-refractivity contribution is 14.1. The van der Waals surface area contributed by atoms with Crippen molar-refractivity contribution in [3.63, 3.8) is 0 Å². The third-order valence-electron chi connectivity index (χ3n) is 2.61. The summed E-state index contributed by atoms with van der Waals surface area (Å²) < 4.78 is -0.510. The molecule has 1 aliphatic rings. The first-order valence-corrected chi connectivity index (χ1v) is 5.29. The smallest absolute Gasteiger partial charge is 0.319 e. The van der Waals surface area contributed by atoms with Crippen molar-refractivity contribution in [1.82, 2.24) is 0 Å². The lowest BCUT2D eigenvalue weighted by Gasteiger charge is -2.31. The Kier molecular flexibility index (Phi) is 3.34. The topological polar surface area (TPSA) is 63.3 Å². The second-order valence-corrected chi connectivity index (χ2v) is 5.51. The maximum absolute atomic E-state index is 10.8. The molecule has 70 valence electrons. The van der Waals surface area contributed by atoms with Gasteiger partial charge >= 0.3 is 5.97 Å². The zero-order chi connectivity index (χ0) is 9.19. The normalized spacial score (nSPS) is 36.3. The summed E-state index contributed by atoms with van der Waals surface area (Å²) in [6, 6.07) is 0. The Morgan fingerprint density at radius 1 is 1.58 bits per heavy atom. The molecule has 0 heterocycles. The molecule has 1 rings (SSSR count). The van der Waals surface area contributed by atoms with Gasteiger partial charge in [-0.2, -0.15) is 0 Å². The molecule has 1 fully saturated rings. The van der Waals surface area contributed by atoms with Crippen LogP contribution in [0.4, 0.5) is 0 Å². The van der Waals surface area contributed by atoms with Crippen molar-refractivity contribution in [1.29, 1.82) is 0 Å². The number of carbonyl (C=O) groups is 1. The van der Waals surface area contributed by atoms with Crippen LogP contribution in [0.5, 0.6) is 0 Å². The van der Waals surface area contributed by atoms with Crippen LogP contribution in [-0.4, -0.2) is 21.0 Å². The summed E-state index contributed by atoms with van der Waals surface area (Å²) >= 11 is 2.07. The summed E-state index contributed by atoms with van der Waals surface area (Å²) in [7, 11) is 0. The number of halogens is 1. The Balaban J connectivity index is 2.49. The first kappa shape index (κ1) is 10.2. The third kappa shape index (κ3) is 2.10. The Bertz CT molecular complexity index is 176. The maximum Gasteiger partial charge on any atom is 0.319 e. The molecule has 3 nitrogen and oxygen atoms in total. The number of hydrogen-bond donors (Lipinski definition) is 2. The van der Waals surface area contributed by atoms with Gasteiger partial charge in [0, 0.05) is 0 Å². The van der Waals surface area contributed by atoms with Crippen LogP contribution in [0.25, 0.3) is 0 Å². The Morgan fingerprint density at radius 2 is 2.08 bits per heavy atom. The van der Waals surface area contributed by atoms with E-state index in [1.165, 1.54) is 0 Å². The van der Waals surface area contributed by atoms with Crippen LogP contribution in [0.2, 0.25) is 0 Å². The van der Waals surface area contributed by atoms with Crippen LogP contribution in [0.15, 0.2) is 0 Å². The molecule has 0 aliphatic heterocycles. The van der Waals surface area contributed by atoms with Crippen LogP contribution in [0, 0.1) is 5.92 Å². The SMILES string of the molecule is NCC1CCC(I)(C(=O)O)CC1. The quantitative estimate of drug-likeness (QED) is 0.594. The summed E-state index contributed by atoms with van der Waals surface area (Å²) in [5, 5.41) is 8.92. The predicted octanol–water partition coefficient (Wildman–Crippen LogP) is 1.39. The lowest BCUT2D eigenvalue weighted by atomic mass is 9.82. The molecular formula is C8H14INO2. The van der Waals surface area contributed by atoms with E-state index in [2.05, 4.69) is 22.6 Å². The molecule has 0 amide bonds. The van der Waals surface area contributed by atoms with Crippen LogP contribution < -0.4 is 5.73 Å². The standard InChI is InChI=1S/C8H14INO2/c9-8(7(11)12)3-1-6(5-10)2-4-8/h6H,1-5,10H2,(H,11,12). The van der Waals surface area contributed by atoms with Gasteiger partial charge in [-0.3, -0.25) is 4.79 Å². The van der Waals surface area contributed by atoms with E-state index in [4.69, 9.17) is 10.8 Å². The van der Waals surface area contributed by atoms with Crippen LogP contribution in [0.3, 0.4) is 0 Å². The fourth-order valence-corrected chi connectivity index (χ4v) is 2.21. The highest BCUT2D eigenvalue weighted by Crippen LogP contribution is 2.38. The molecule has 12 heavy (non-hydrogen) atoms. The molecule has 0 spiro atoms. The highest BCUT2D eigenvalue weighted by atomic mass is 127. The van der Waals surface area contributed by atoms with Gasteiger partial charge in [0.25, 0.3) is 0 Å². The van der Waals surface area contributed by atoms with Gasteiger partial charge in [0.05, 0.1) is 0 Å². The Labute approximate surface area is 85.8 Å². The van der Waals surface area contributed by atoms with Gasteiger partial charge in [-0.15, -0.1) is 0 Å². The molecule has 4 heteroatoms. The van der Waals surface area contributed by atoms with Crippen molar-refractivity contribution >= 4 is 28.6 Å². The molecule has 0 aromatic rings. The van der Waals surface area contributed by atoms with Gasteiger partial charge in [-0.05, 0) is 38.1 Å². The largest absolute Gasteiger partial charge is 0.480 e. The molecule has 0 aromatic carbocycles. The zero-order valence-corrected chi connectivity index (χ0v) is 9.08. The van der Waals surface area contributed by atoms with Crippen molar-refractivity contribution < 1.29 is 9.90 Å². The molecule has 0 unspecified atom stereocenters. The zero-order valence-electron chi connectivity index (χ0n) is 6.92. The first-order chi connectivity index (χ1) is 5.58. The lowest BCUT2D eigenvalue weighted by molar-refractivity contribution is -0.140. The van der Waals surface area contributed by atoms with E-state index in [-0.39, 0.29) is 0 Å². The van der Waals surface area contributed by atoms with E-state index in [0.29, 0.717) is 12.5 Å². The average molecular weight is 283 g/mol. The summed E-state index contributed by atoms with van der Waals surface area (Å²) in [5.74, 6) is -0.120. The second-order valence-electron chi connectivity index (χ2n) is 3.45. The van der Waals surface area contributed by atoms with Gasteiger partial charge in [0.2, 0.25) is 0 Å². The fourth-order valence-electron chi connectivity index (χ4n) is 1.58. The number of nitrogens with two attached hydrogens (primary N) is 1. The summed E-state index contributed by atoms with van der Waals surface area (Å²) in [6.07, 6.45) is 3.47. The minimum absolute atomic E-state index is 0.510. The van der Waals surface area contributed by atoms with Gasteiger partial charge in [0.15, 0.2) is 0 Å². The number of hydrogen-bond acceptors (Lipinski definition) is 2. The van der Waals surface area contributed by atoms with E-state index in [0.717, 1.165) is 25.7 Å². The Morgan fingerprint density at radius 3 is 2.42 bits per heavy atom. The number of carboxylic acid groups (broad SMARTS) is 1. The van der Waals surface area contributed by atoms with Crippen molar-refractivity contribution in [2.45, 2.75) is 29.1 Å². The molecular weight excluding hydrogens is 269 g/mol. The van der Waals surface area contributed by atoms with Gasteiger partial charge in [0.1, 0.15) is 3.42 Å². The minimum atomic E-state index is -0.668. The maximum atomic E-state index is 10.8. The van der Waals surface area contributed by atoms with Crippen LogP contribution >= 0.6 is 22.6 Å². The number of alkyl halides is 1. The van der Waals surface area contributed by atoms with E-state index < -0.39 is 9.39 Å². The molecule has 1 saturated carbocycles. The van der Waals surface area contributed by atoms with E-state index in [1.807, 2.05) is 0 Å². The molecule has 0 radical (unpaired) electrons. The van der Waals surface area contributed by atoms with Gasteiger partial charge < -0.3 is 10.8 Å². The van der Waals surface area contributed by atoms with E-state index in [9.17, 15) is 4.79 Å². The van der Waals surface area contributed by atoms with E-state index >= 15 is 0 Å². The number of rotatable bonds is 2. The van der Waals surface area contributed by atoms with Crippen LogP contribution in [0.1, 0.15) is 25.7 Å². The number of carboxylic acids is 1. The van der Waals surface area contributed by atoms with Crippen molar-refractivity contribution in [3.05, 3.63) is 0 Å². The monoisotopic (exact) mass is 283 g/mol. The molecule has 0 aromatic heterocycles. The predicted molar refractivity (Wildman–Crippen MR) is 55.4 cm³/mol. The Hall–Kier alpha value is 0.160. The fraction of sp³-hybridized carbons (Fsp3) is 0.875. The summed E-state index contributed by atoms with van der Waals surface area (Å²) in [6.45, 7) is 0.701. The number of aliphatic carboxylic acids is 1. The first-order valence-electron chi connectivity index (χ1n) is 4.21. The molecule has 0 bridgehead atoms. The molecule has 3 N–H and O–H groups in total. The van der Waals surface area contributed by atoms with Gasteiger partial charge in [-0.25, -0.2) is 0 Å². The lowest BCUT2D eigenvalue weighted by Crippen LogP contribution is -2.37. The average Bonchev–Trinajstić information content (AvgIpc) is 2.06. The summed E-state index contributed by atoms with van der Waals surface area (Å²) in [5.41, 5.74) is 5.52. The third-order valence-corrected chi connectivity index (χ3v) is 4.15. The van der Waals surface area contributed by atoms with Crippen molar-refractivity contribution in [2.24, 2.45) is 11.7 Å². The van der Waals surface area contributed by atoms with Crippen molar-refractivity contribution in [3.8, 4) is 0 Å². The second kappa shape index (κ2) is 3.91. The van der Waals surface area contributed by atoms with Gasteiger partial charge in [-0.1, -0.05) is 22.6 Å².